The summed E-state index contributed by atoms with van der Waals surface area (Å²) in [5.41, 5.74) is 0.676. The Balaban J connectivity index is 3.20. The smallest absolute Gasteiger partial charge is 0.335 e. The molecule has 21 heavy (non-hydrogen) atoms. The Morgan fingerprint density at radius 2 is 1.90 bits per heavy atom. The highest BCUT2D eigenvalue weighted by molar-refractivity contribution is 7.92. The van der Waals surface area contributed by atoms with E-state index >= 15 is 0 Å². The van der Waals surface area contributed by atoms with E-state index in [2.05, 4.69) is 5.32 Å². The van der Waals surface area contributed by atoms with Crippen LogP contribution in [-0.4, -0.2) is 37.7 Å². The first-order valence-corrected chi connectivity index (χ1v) is 7.55. The predicted octanol–water partition coefficient (Wildman–Crippen LogP) is 0.415. The maximum Gasteiger partial charge on any atom is 0.335 e. The standard InChI is InChI=1S/C13H14N2O5S/c1-8-5-9(2)11(6-10(8)13(17)18)21(19,20)7-12(16)15-4-3-14/h5-6H,4,7H2,1-2H3,(H,15,16)(H,17,18). The fourth-order valence-corrected chi connectivity index (χ4v) is 3.29. The van der Waals surface area contributed by atoms with Crippen LogP contribution in [0.4, 0.5) is 0 Å². The van der Waals surface area contributed by atoms with E-state index < -0.39 is 27.5 Å². The Hall–Kier alpha value is -2.40. The molecule has 0 saturated heterocycles. The van der Waals surface area contributed by atoms with E-state index in [-0.39, 0.29) is 17.0 Å². The molecule has 1 amide bonds. The number of nitriles is 1. The van der Waals surface area contributed by atoms with Crippen LogP contribution in [0.25, 0.3) is 0 Å². The number of carbonyl (C=O) groups excluding carboxylic acids is 1. The first kappa shape index (κ1) is 16.7. The molecule has 0 atom stereocenters. The van der Waals surface area contributed by atoms with E-state index in [1.54, 1.807) is 13.0 Å². The number of carbonyl (C=O) groups is 2. The summed E-state index contributed by atoms with van der Waals surface area (Å²) in [4.78, 5) is 22.3. The number of benzene rings is 1. The van der Waals surface area contributed by atoms with Crippen LogP contribution in [0.1, 0.15) is 21.5 Å². The van der Waals surface area contributed by atoms with Crippen molar-refractivity contribution in [1.82, 2.24) is 5.32 Å². The van der Waals surface area contributed by atoms with Gasteiger partial charge in [-0.15, -0.1) is 0 Å². The number of sulfone groups is 1. The van der Waals surface area contributed by atoms with Crippen molar-refractivity contribution in [3.8, 4) is 6.07 Å². The van der Waals surface area contributed by atoms with Gasteiger partial charge in [0.2, 0.25) is 5.91 Å². The number of aromatic carboxylic acids is 1. The van der Waals surface area contributed by atoms with Crippen molar-refractivity contribution in [1.29, 1.82) is 5.26 Å². The third kappa shape index (κ3) is 4.03. The summed E-state index contributed by atoms with van der Waals surface area (Å²) in [5, 5.41) is 19.5. The third-order valence-corrected chi connectivity index (χ3v) is 4.53. The number of nitrogens with one attached hydrogen (secondary N) is 1. The number of hydrogen-bond donors (Lipinski definition) is 2. The average molecular weight is 310 g/mol. The Bertz CT molecular complexity index is 732. The summed E-state index contributed by atoms with van der Waals surface area (Å²) in [6, 6.07) is 4.17. The largest absolute Gasteiger partial charge is 0.478 e. The maximum absolute atomic E-state index is 12.2. The molecule has 0 aromatic heterocycles. The highest BCUT2D eigenvalue weighted by Gasteiger charge is 2.23. The number of rotatable bonds is 5. The first-order chi connectivity index (χ1) is 9.69. The molecule has 2 N–H and O–H groups in total. The van der Waals surface area contributed by atoms with Crippen molar-refractivity contribution in [3.63, 3.8) is 0 Å². The van der Waals surface area contributed by atoms with Crippen molar-refractivity contribution in [2.24, 2.45) is 0 Å². The van der Waals surface area contributed by atoms with E-state index in [0.29, 0.717) is 11.1 Å². The molecule has 0 bridgehead atoms. The summed E-state index contributed by atoms with van der Waals surface area (Å²) in [6.45, 7) is 2.80. The lowest BCUT2D eigenvalue weighted by Crippen LogP contribution is -2.30. The quantitative estimate of drug-likeness (QED) is 0.759. The first-order valence-electron chi connectivity index (χ1n) is 5.90. The topological polar surface area (TPSA) is 124 Å². The van der Waals surface area contributed by atoms with E-state index in [1.807, 2.05) is 0 Å². The highest BCUT2D eigenvalue weighted by Crippen LogP contribution is 2.21. The number of carboxylic acid groups (broad SMARTS) is 1. The third-order valence-electron chi connectivity index (χ3n) is 2.77. The molecule has 0 fully saturated rings. The second-order valence-electron chi connectivity index (χ2n) is 4.43. The minimum Gasteiger partial charge on any atom is -0.478 e. The molecular formula is C13H14N2O5S. The lowest BCUT2D eigenvalue weighted by Gasteiger charge is -2.10. The van der Waals surface area contributed by atoms with Crippen LogP contribution in [-0.2, 0) is 14.6 Å². The van der Waals surface area contributed by atoms with Gasteiger partial charge in [0.15, 0.2) is 9.84 Å². The SMILES string of the molecule is Cc1cc(C)c(S(=O)(=O)CC(=O)NCC#N)cc1C(=O)O. The molecule has 1 rings (SSSR count). The molecule has 0 aliphatic heterocycles. The average Bonchev–Trinajstić information content (AvgIpc) is 2.34. The molecule has 112 valence electrons. The number of aryl methyl sites for hydroxylation is 2. The Morgan fingerprint density at radius 1 is 1.29 bits per heavy atom. The summed E-state index contributed by atoms with van der Waals surface area (Å²) in [5.74, 6) is -2.89. The van der Waals surface area contributed by atoms with Crippen molar-refractivity contribution in [2.45, 2.75) is 18.7 Å². The molecule has 7 nitrogen and oxygen atoms in total. The molecule has 0 heterocycles. The summed E-state index contributed by atoms with van der Waals surface area (Å²) >= 11 is 0. The minimum absolute atomic E-state index is 0.128. The van der Waals surface area contributed by atoms with Gasteiger partial charge in [-0.1, -0.05) is 6.07 Å². The fourth-order valence-electron chi connectivity index (χ4n) is 1.84. The molecule has 0 unspecified atom stereocenters. The molecule has 1 aromatic rings. The van der Waals surface area contributed by atoms with Gasteiger partial charge in [-0.25, -0.2) is 13.2 Å². The van der Waals surface area contributed by atoms with Crippen LogP contribution >= 0.6 is 0 Å². The fraction of sp³-hybridized carbons (Fsp3) is 0.308. The summed E-state index contributed by atoms with van der Waals surface area (Å²) < 4.78 is 24.4. The van der Waals surface area contributed by atoms with E-state index in [4.69, 9.17) is 10.4 Å². The van der Waals surface area contributed by atoms with Crippen LogP contribution in [0.2, 0.25) is 0 Å². The minimum atomic E-state index is -3.98. The van der Waals surface area contributed by atoms with Crippen molar-refractivity contribution < 1.29 is 23.1 Å². The molecule has 0 aliphatic carbocycles. The number of hydrogen-bond acceptors (Lipinski definition) is 5. The second kappa shape index (κ2) is 6.37. The van der Waals surface area contributed by atoms with Gasteiger partial charge in [0.25, 0.3) is 0 Å². The Kier molecular flexibility index (Phi) is 5.05. The number of amides is 1. The van der Waals surface area contributed by atoms with Gasteiger partial charge >= 0.3 is 5.97 Å². The normalized spacial score (nSPS) is 10.7. The molecule has 0 saturated carbocycles. The Morgan fingerprint density at radius 3 is 2.43 bits per heavy atom. The molecular weight excluding hydrogens is 296 g/mol. The zero-order valence-electron chi connectivity index (χ0n) is 11.5. The van der Waals surface area contributed by atoms with Crippen LogP contribution in [0.3, 0.4) is 0 Å². The lowest BCUT2D eigenvalue weighted by molar-refractivity contribution is -0.118. The second-order valence-corrected chi connectivity index (χ2v) is 6.39. The van der Waals surface area contributed by atoms with Crippen LogP contribution in [0.5, 0.6) is 0 Å². The number of carboxylic acids is 1. The lowest BCUT2D eigenvalue weighted by atomic mass is 10.1. The van der Waals surface area contributed by atoms with Gasteiger partial charge in [-0.2, -0.15) is 5.26 Å². The van der Waals surface area contributed by atoms with Crippen LogP contribution in [0, 0.1) is 25.2 Å². The monoisotopic (exact) mass is 310 g/mol. The van der Waals surface area contributed by atoms with Gasteiger partial charge < -0.3 is 10.4 Å². The molecule has 8 heteroatoms. The van der Waals surface area contributed by atoms with Gasteiger partial charge in [0, 0.05) is 0 Å². The van der Waals surface area contributed by atoms with Gasteiger partial charge in [-0.3, -0.25) is 4.79 Å². The summed E-state index contributed by atoms with van der Waals surface area (Å²) in [7, 11) is -3.98. The molecule has 0 radical (unpaired) electrons. The van der Waals surface area contributed by atoms with Crippen LogP contribution < -0.4 is 5.32 Å². The van der Waals surface area contributed by atoms with E-state index in [0.717, 1.165) is 6.07 Å². The maximum atomic E-state index is 12.2. The van der Waals surface area contributed by atoms with E-state index in [9.17, 15) is 18.0 Å². The molecule has 0 spiro atoms. The molecule has 1 aromatic carbocycles. The van der Waals surface area contributed by atoms with Crippen molar-refractivity contribution in [3.05, 3.63) is 28.8 Å². The van der Waals surface area contributed by atoms with Crippen LogP contribution in [0.15, 0.2) is 17.0 Å². The zero-order chi connectivity index (χ0) is 16.2. The summed E-state index contributed by atoms with van der Waals surface area (Å²) in [6.07, 6.45) is 0. The van der Waals surface area contributed by atoms with Crippen molar-refractivity contribution >= 4 is 21.7 Å². The predicted molar refractivity (Wildman–Crippen MR) is 73.6 cm³/mol. The highest BCUT2D eigenvalue weighted by atomic mass is 32.2. The van der Waals surface area contributed by atoms with Gasteiger partial charge in [-0.05, 0) is 31.0 Å². The van der Waals surface area contributed by atoms with Crippen molar-refractivity contribution in [2.75, 3.05) is 12.3 Å². The van der Waals surface area contributed by atoms with E-state index in [1.165, 1.54) is 13.0 Å². The van der Waals surface area contributed by atoms with Gasteiger partial charge in [0.05, 0.1) is 16.5 Å². The molecule has 0 aliphatic rings. The zero-order valence-corrected chi connectivity index (χ0v) is 12.3. The van der Waals surface area contributed by atoms with Gasteiger partial charge in [0.1, 0.15) is 12.3 Å². The Labute approximate surface area is 122 Å². The number of nitrogens with zero attached hydrogens (tertiary/aromatic N) is 1.